The normalized spacial score (nSPS) is 10.6. The van der Waals surface area contributed by atoms with Crippen molar-refractivity contribution < 1.29 is 4.92 Å². The Balaban J connectivity index is 3.00. The molecular weight excluding hydrogens is 204 g/mol. The van der Waals surface area contributed by atoms with E-state index in [0.29, 0.717) is 6.54 Å². The first-order valence-electron chi connectivity index (χ1n) is 4.08. The molecule has 5 heteroatoms. The van der Waals surface area contributed by atoms with Gasteiger partial charge in [0.1, 0.15) is 5.02 Å². The molecule has 0 saturated heterocycles. The Kier molecular flexibility index (Phi) is 3.43. The largest absolute Gasteiger partial charge is 0.305 e. The zero-order valence-electron chi connectivity index (χ0n) is 8.03. The minimum Gasteiger partial charge on any atom is -0.305 e. The van der Waals surface area contributed by atoms with Crippen LogP contribution < -0.4 is 0 Å². The Hall–Kier alpha value is -1.13. The third kappa shape index (κ3) is 2.68. The third-order valence-electron chi connectivity index (χ3n) is 1.71. The Labute approximate surface area is 87.2 Å². The molecule has 1 aromatic rings. The number of nitro benzene ring substituents is 1. The second kappa shape index (κ2) is 4.39. The molecule has 0 heterocycles. The fourth-order valence-corrected chi connectivity index (χ4v) is 1.35. The molecular formula is C9H11ClN2O2. The van der Waals surface area contributed by atoms with Crippen LogP contribution in [-0.4, -0.2) is 23.9 Å². The summed E-state index contributed by atoms with van der Waals surface area (Å²) in [5.74, 6) is 0. The molecule has 14 heavy (non-hydrogen) atoms. The fraction of sp³-hybridized carbons (Fsp3) is 0.333. The van der Waals surface area contributed by atoms with E-state index in [9.17, 15) is 10.1 Å². The van der Waals surface area contributed by atoms with E-state index < -0.39 is 4.92 Å². The minimum absolute atomic E-state index is 0.0361. The van der Waals surface area contributed by atoms with E-state index in [1.54, 1.807) is 12.1 Å². The van der Waals surface area contributed by atoms with Gasteiger partial charge in [0.05, 0.1) is 4.92 Å². The maximum atomic E-state index is 10.6. The van der Waals surface area contributed by atoms with Gasteiger partial charge in [-0.25, -0.2) is 0 Å². The van der Waals surface area contributed by atoms with Crippen molar-refractivity contribution >= 4 is 17.3 Å². The highest BCUT2D eigenvalue weighted by Crippen LogP contribution is 2.25. The Morgan fingerprint density at radius 2 is 2.14 bits per heavy atom. The lowest BCUT2D eigenvalue weighted by molar-refractivity contribution is -0.384. The van der Waals surface area contributed by atoms with Crippen LogP contribution in [0.25, 0.3) is 0 Å². The second-order valence-electron chi connectivity index (χ2n) is 3.28. The van der Waals surface area contributed by atoms with E-state index >= 15 is 0 Å². The van der Waals surface area contributed by atoms with Crippen LogP contribution in [0, 0.1) is 10.1 Å². The number of halogens is 1. The summed E-state index contributed by atoms with van der Waals surface area (Å²) >= 11 is 5.67. The van der Waals surface area contributed by atoms with Crippen LogP contribution in [0.15, 0.2) is 18.2 Å². The van der Waals surface area contributed by atoms with Crippen LogP contribution >= 0.6 is 11.6 Å². The molecule has 0 atom stereocenters. The van der Waals surface area contributed by atoms with E-state index in [-0.39, 0.29) is 10.7 Å². The van der Waals surface area contributed by atoms with Gasteiger partial charge in [-0.05, 0) is 25.7 Å². The molecule has 0 radical (unpaired) electrons. The van der Waals surface area contributed by atoms with Gasteiger partial charge < -0.3 is 4.90 Å². The van der Waals surface area contributed by atoms with Crippen LogP contribution in [0.2, 0.25) is 5.02 Å². The van der Waals surface area contributed by atoms with Crippen molar-refractivity contribution in [3.63, 3.8) is 0 Å². The van der Waals surface area contributed by atoms with E-state index in [2.05, 4.69) is 0 Å². The molecule has 0 fully saturated rings. The Bertz CT molecular complexity index is 353. The predicted octanol–water partition coefficient (Wildman–Crippen LogP) is 2.31. The van der Waals surface area contributed by atoms with Crippen LogP contribution in [0.5, 0.6) is 0 Å². The summed E-state index contributed by atoms with van der Waals surface area (Å²) in [5, 5.41) is 10.7. The highest BCUT2D eigenvalue weighted by Gasteiger charge is 2.12. The monoisotopic (exact) mass is 214 g/mol. The average Bonchev–Trinajstić information content (AvgIpc) is 2.07. The van der Waals surface area contributed by atoms with Gasteiger partial charge in [0.25, 0.3) is 5.69 Å². The first kappa shape index (κ1) is 10.9. The number of rotatable bonds is 3. The molecule has 0 bridgehead atoms. The van der Waals surface area contributed by atoms with E-state index in [1.165, 1.54) is 6.07 Å². The number of hydrogen-bond donors (Lipinski definition) is 0. The first-order chi connectivity index (χ1) is 6.50. The van der Waals surface area contributed by atoms with Crippen LogP contribution in [0.1, 0.15) is 5.56 Å². The van der Waals surface area contributed by atoms with Crippen LogP contribution in [0.3, 0.4) is 0 Å². The zero-order chi connectivity index (χ0) is 10.7. The van der Waals surface area contributed by atoms with Gasteiger partial charge in [0, 0.05) is 12.6 Å². The summed E-state index contributed by atoms with van der Waals surface area (Å²) in [6, 6.07) is 4.84. The smallest absolute Gasteiger partial charge is 0.288 e. The molecule has 0 aliphatic carbocycles. The zero-order valence-corrected chi connectivity index (χ0v) is 8.78. The Morgan fingerprint density at radius 1 is 1.50 bits per heavy atom. The third-order valence-corrected chi connectivity index (χ3v) is 2.03. The summed E-state index contributed by atoms with van der Waals surface area (Å²) in [4.78, 5) is 12.0. The molecule has 0 aliphatic rings. The van der Waals surface area contributed by atoms with Gasteiger partial charge in [-0.2, -0.15) is 0 Å². The van der Waals surface area contributed by atoms with Crippen molar-refractivity contribution in [2.75, 3.05) is 14.1 Å². The topological polar surface area (TPSA) is 46.4 Å². The summed E-state index contributed by atoms with van der Waals surface area (Å²) in [5.41, 5.74) is 0.845. The van der Waals surface area contributed by atoms with E-state index in [1.807, 2.05) is 19.0 Å². The van der Waals surface area contributed by atoms with Gasteiger partial charge in [-0.3, -0.25) is 10.1 Å². The van der Waals surface area contributed by atoms with Crippen molar-refractivity contribution in [1.29, 1.82) is 0 Å². The van der Waals surface area contributed by atoms with E-state index in [0.717, 1.165) is 5.56 Å². The summed E-state index contributed by atoms with van der Waals surface area (Å²) in [6.45, 7) is 0.665. The second-order valence-corrected chi connectivity index (χ2v) is 3.69. The lowest BCUT2D eigenvalue weighted by Crippen LogP contribution is -2.10. The summed E-state index contributed by atoms with van der Waals surface area (Å²) < 4.78 is 0. The van der Waals surface area contributed by atoms with E-state index in [4.69, 9.17) is 11.6 Å². The average molecular weight is 215 g/mol. The Morgan fingerprint density at radius 3 is 2.64 bits per heavy atom. The molecule has 0 unspecified atom stereocenters. The van der Waals surface area contributed by atoms with Crippen molar-refractivity contribution in [1.82, 2.24) is 4.90 Å². The number of nitro groups is 1. The molecule has 1 rings (SSSR count). The highest BCUT2D eigenvalue weighted by molar-refractivity contribution is 6.32. The molecule has 0 aromatic heterocycles. The highest BCUT2D eigenvalue weighted by atomic mass is 35.5. The molecule has 76 valence electrons. The molecule has 0 aliphatic heterocycles. The number of benzene rings is 1. The number of hydrogen-bond acceptors (Lipinski definition) is 3. The van der Waals surface area contributed by atoms with Gasteiger partial charge >= 0.3 is 0 Å². The van der Waals surface area contributed by atoms with Crippen molar-refractivity contribution in [2.45, 2.75) is 6.54 Å². The summed E-state index contributed by atoms with van der Waals surface area (Å²) in [7, 11) is 3.81. The molecule has 0 N–H and O–H groups in total. The SMILES string of the molecule is CN(C)Cc1ccc(Cl)c([N+](=O)[O-])c1. The van der Waals surface area contributed by atoms with Gasteiger partial charge in [-0.15, -0.1) is 0 Å². The molecule has 0 amide bonds. The lowest BCUT2D eigenvalue weighted by Gasteiger charge is -2.09. The maximum Gasteiger partial charge on any atom is 0.288 e. The summed E-state index contributed by atoms with van der Waals surface area (Å²) in [6.07, 6.45) is 0. The maximum absolute atomic E-state index is 10.6. The van der Waals surface area contributed by atoms with Gasteiger partial charge in [0.15, 0.2) is 0 Å². The first-order valence-corrected chi connectivity index (χ1v) is 4.46. The van der Waals surface area contributed by atoms with Crippen LogP contribution in [-0.2, 0) is 6.54 Å². The van der Waals surface area contributed by atoms with Crippen molar-refractivity contribution in [2.24, 2.45) is 0 Å². The predicted molar refractivity (Wildman–Crippen MR) is 55.5 cm³/mol. The number of nitrogens with zero attached hydrogens (tertiary/aromatic N) is 2. The van der Waals surface area contributed by atoms with Gasteiger partial charge in [-0.1, -0.05) is 17.7 Å². The molecule has 4 nitrogen and oxygen atoms in total. The molecule has 0 saturated carbocycles. The molecule has 1 aromatic carbocycles. The van der Waals surface area contributed by atoms with Gasteiger partial charge in [0.2, 0.25) is 0 Å². The quantitative estimate of drug-likeness (QED) is 0.573. The molecule has 0 spiro atoms. The van der Waals surface area contributed by atoms with Crippen molar-refractivity contribution in [3.05, 3.63) is 38.9 Å². The fourth-order valence-electron chi connectivity index (χ4n) is 1.16. The minimum atomic E-state index is -0.471. The van der Waals surface area contributed by atoms with Crippen molar-refractivity contribution in [3.8, 4) is 0 Å². The van der Waals surface area contributed by atoms with Crippen LogP contribution in [0.4, 0.5) is 5.69 Å². The lowest BCUT2D eigenvalue weighted by atomic mass is 10.2. The standard InChI is InChI=1S/C9H11ClN2O2/c1-11(2)6-7-3-4-8(10)9(5-7)12(13)14/h3-5H,6H2,1-2H3.